The molecule has 0 saturated carbocycles. The van der Waals surface area contributed by atoms with Gasteiger partial charge in [0.25, 0.3) is 0 Å². The predicted molar refractivity (Wildman–Crippen MR) is 133 cm³/mol. The van der Waals surface area contributed by atoms with Gasteiger partial charge in [0.15, 0.2) is 6.80 Å². The smallest absolute Gasteiger partial charge is 0.222 e. The molecule has 0 aliphatic carbocycles. The zero-order valence-electron chi connectivity index (χ0n) is 18.7. The SMILES string of the molecule is CC(=O)Nc1cc(Oc2ccc3c(c2)nc(Nc2ccc(Cl)c(C4=COCC4)c2)n3CF)ccn1. The molecule has 0 atom stereocenters. The summed E-state index contributed by atoms with van der Waals surface area (Å²) in [6, 6.07) is 14.0. The lowest BCUT2D eigenvalue weighted by Crippen LogP contribution is -2.07. The second-order valence-corrected chi connectivity index (χ2v) is 8.28. The molecule has 1 amide bonds. The van der Waals surface area contributed by atoms with Crippen molar-refractivity contribution in [2.24, 2.45) is 0 Å². The summed E-state index contributed by atoms with van der Waals surface area (Å²) in [5, 5.41) is 6.42. The summed E-state index contributed by atoms with van der Waals surface area (Å²) in [6.45, 7) is 1.27. The fourth-order valence-electron chi connectivity index (χ4n) is 3.81. The number of halogens is 2. The Balaban J connectivity index is 1.42. The average molecular weight is 494 g/mol. The number of benzene rings is 2. The lowest BCUT2D eigenvalue weighted by molar-refractivity contribution is -0.114. The van der Waals surface area contributed by atoms with E-state index in [1.807, 2.05) is 12.1 Å². The van der Waals surface area contributed by atoms with E-state index in [2.05, 4.69) is 20.6 Å². The molecule has 5 rings (SSSR count). The summed E-state index contributed by atoms with van der Waals surface area (Å²) in [4.78, 5) is 19.9. The minimum atomic E-state index is -0.761. The van der Waals surface area contributed by atoms with Crippen LogP contribution in [0.2, 0.25) is 5.02 Å². The maximum absolute atomic E-state index is 14.0. The van der Waals surface area contributed by atoms with Crippen LogP contribution in [0.5, 0.6) is 11.5 Å². The number of rotatable bonds is 7. The van der Waals surface area contributed by atoms with Crippen LogP contribution in [0.4, 0.5) is 21.8 Å². The van der Waals surface area contributed by atoms with Gasteiger partial charge in [-0.15, -0.1) is 0 Å². The molecule has 0 saturated heterocycles. The average Bonchev–Trinajstić information content (AvgIpc) is 3.47. The number of hydrogen-bond donors (Lipinski definition) is 2. The maximum Gasteiger partial charge on any atom is 0.222 e. The molecule has 1 aliphatic heterocycles. The Morgan fingerprint density at radius 3 is 2.83 bits per heavy atom. The number of pyridine rings is 1. The van der Waals surface area contributed by atoms with Gasteiger partial charge < -0.3 is 20.1 Å². The molecule has 1 aliphatic rings. The van der Waals surface area contributed by atoms with Crippen LogP contribution >= 0.6 is 11.6 Å². The highest BCUT2D eigenvalue weighted by Gasteiger charge is 2.16. The summed E-state index contributed by atoms with van der Waals surface area (Å²) >= 11 is 6.38. The quantitative estimate of drug-likeness (QED) is 0.315. The van der Waals surface area contributed by atoms with Crippen molar-refractivity contribution in [3.05, 3.63) is 71.6 Å². The minimum absolute atomic E-state index is 0.228. The summed E-state index contributed by atoms with van der Waals surface area (Å²) in [6.07, 6.45) is 4.02. The third-order valence-corrected chi connectivity index (χ3v) is 5.72. The monoisotopic (exact) mass is 493 g/mol. The Morgan fingerprint density at radius 1 is 1.20 bits per heavy atom. The van der Waals surface area contributed by atoms with Gasteiger partial charge in [-0.25, -0.2) is 14.4 Å². The van der Waals surface area contributed by atoms with E-state index in [1.54, 1.807) is 42.7 Å². The van der Waals surface area contributed by atoms with Gasteiger partial charge in [-0.1, -0.05) is 11.6 Å². The van der Waals surface area contributed by atoms with Gasteiger partial charge >= 0.3 is 0 Å². The number of carbonyl (C=O) groups is 1. The molecule has 10 heteroatoms. The van der Waals surface area contributed by atoms with Crippen molar-refractivity contribution in [3.8, 4) is 11.5 Å². The van der Waals surface area contributed by atoms with Crippen LogP contribution in [0.3, 0.4) is 0 Å². The number of ether oxygens (including phenoxy) is 2. The molecule has 8 nitrogen and oxygen atoms in total. The number of nitrogens with one attached hydrogen (secondary N) is 2. The van der Waals surface area contributed by atoms with Crippen molar-refractivity contribution in [1.82, 2.24) is 14.5 Å². The number of carbonyl (C=O) groups excluding carboxylic acids is 1. The molecule has 0 radical (unpaired) electrons. The molecule has 3 heterocycles. The molecule has 2 aromatic carbocycles. The van der Waals surface area contributed by atoms with Gasteiger partial charge in [-0.2, -0.15) is 0 Å². The minimum Gasteiger partial charge on any atom is -0.501 e. The fraction of sp³-hybridized carbons (Fsp3) is 0.160. The van der Waals surface area contributed by atoms with E-state index in [-0.39, 0.29) is 5.91 Å². The lowest BCUT2D eigenvalue weighted by atomic mass is 10.0. The fourth-order valence-corrected chi connectivity index (χ4v) is 4.05. The highest BCUT2D eigenvalue weighted by Crippen LogP contribution is 2.34. The van der Waals surface area contributed by atoms with Crippen LogP contribution < -0.4 is 15.4 Å². The van der Waals surface area contributed by atoms with Crippen LogP contribution in [0.1, 0.15) is 18.9 Å². The number of anilines is 3. The molecule has 4 aromatic rings. The summed E-state index contributed by atoms with van der Waals surface area (Å²) < 4.78 is 26.7. The van der Waals surface area contributed by atoms with Crippen LogP contribution in [-0.4, -0.2) is 27.0 Å². The van der Waals surface area contributed by atoms with Crippen LogP contribution in [0.25, 0.3) is 16.6 Å². The zero-order valence-corrected chi connectivity index (χ0v) is 19.5. The Labute approximate surface area is 205 Å². The molecule has 2 aromatic heterocycles. The largest absolute Gasteiger partial charge is 0.501 e. The summed E-state index contributed by atoms with van der Waals surface area (Å²) in [5.74, 6) is 1.50. The van der Waals surface area contributed by atoms with Crippen molar-refractivity contribution in [2.45, 2.75) is 20.1 Å². The number of alkyl halides is 1. The second-order valence-electron chi connectivity index (χ2n) is 7.88. The van der Waals surface area contributed by atoms with Gasteiger partial charge in [0.2, 0.25) is 11.9 Å². The maximum atomic E-state index is 14.0. The summed E-state index contributed by atoms with van der Waals surface area (Å²) in [5.41, 5.74) is 3.76. The molecule has 35 heavy (non-hydrogen) atoms. The van der Waals surface area contributed by atoms with Crippen LogP contribution in [-0.2, 0) is 16.3 Å². The molecule has 0 bridgehead atoms. The van der Waals surface area contributed by atoms with E-state index >= 15 is 0 Å². The highest BCUT2D eigenvalue weighted by molar-refractivity contribution is 6.32. The summed E-state index contributed by atoms with van der Waals surface area (Å²) in [7, 11) is 0. The number of hydrogen-bond acceptors (Lipinski definition) is 6. The van der Waals surface area contributed by atoms with E-state index in [4.69, 9.17) is 21.1 Å². The Morgan fingerprint density at radius 2 is 2.06 bits per heavy atom. The Kier molecular flexibility index (Phi) is 6.24. The first-order valence-electron chi connectivity index (χ1n) is 10.9. The predicted octanol–water partition coefficient (Wildman–Crippen LogP) is 6.27. The first-order chi connectivity index (χ1) is 17.0. The van der Waals surface area contributed by atoms with Crippen molar-refractivity contribution in [1.29, 1.82) is 0 Å². The standard InChI is InChI=1S/C25H21ClFN5O3/c1-15(33)29-24-12-19(6-8-28-24)35-18-3-5-23-22(11-18)31-25(32(23)14-27)30-17-2-4-21(26)20(10-17)16-7-9-34-13-16/h2-6,8,10-13H,7,9,14H2,1H3,(H,30,31)(H,28,29,33). The first-order valence-corrected chi connectivity index (χ1v) is 11.2. The van der Waals surface area contributed by atoms with E-state index in [0.29, 0.717) is 45.9 Å². The lowest BCUT2D eigenvalue weighted by Gasteiger charge is -2.10. The number of fused-ring (bicyclic) bond motifs is 1. The number of amides is 1. The van der Waals surface area contributed by atoms with Gasteiger partial charge in [0.05, 0.1) is 23.9 Å². The van der Waals surface area contributed by atoms with Crippen molar-refractivity contribution < 1.29 is 18.7 Å². The molecule has 2 N–H and O–H groups in total. The third kappa shape index (κ3) is 4.90. The highest BCUT2D eigenvalue weighted by atomic mass is 35.5. The number of imidazole rings is 1. The zero-order chi connectivity index (χ0) is 24.4. The van der Waals surface area contributed by atoms with E-state index in [9.17, 15) is 9.18 Å². The van der Waals surface area contributed by atoms with E-state index < -0.39 is 6.80 Å². The van der Waals surface area contributed by atoms with Gasteiger partial charge in [-0.05, 0) is 42.0 Å². The molecular formula is C25H21ClFN5O3. The Bertz CT molecular complexity index is 1450. The second kappa shape index (κ2) is 9.63. The number of nitrogens with zero attached hydrogens (tertiary/aromatic N) is 3. The molecule has 0 unspecified atom stereocenters. The van der Waals surface area contributed by atoms with E-state index in [0.717, 1.165) is 23.2 Å². The van der Waals surface area contributed by atoms with Crippen LogP contribution in [0, 0.1) is 0 Å². The topological polar surface area (TPSA) is 90.3 Å². The molecule has 0 fully saturated rings. The Hall–Kier alpha value is -4.11. The normalized spacial score (nSPS) is 12.8. The molecular weight excluding hydrogens is 473 g/mol. The van der Waals surface area contributed by atoms with E-state index in [1.165, 1.54) is 17.7 Å². The van der Waals surface area contributed by atoms with Gasteiger partial charge in [0.1, 0.15) is 17.3 Å². The van der Waals surface area contributed by atoms with Crippen LogP contribution in [0.15, 0.2) is 61.0 Å². The number of aromatic nitrogens is 3. The van der Waals surface area contributed by atoms with Crippen molar-refractivity contribution in [2.75, 3.05) is 17.2 Å². The molecule has 178 valence electrons. The first kappa shape index (κ1) is 22.7. The van der Waals surface area contributed by atoms with Gasteiger partial charge in [-0.3, -0.25) is 9.36 Å². The van der Waals surface area contributed by atoms with Crippen molar-refractivity contribution in [3.63, 3.8) is 0 Å². The molecule has 0 spiro atoms. The third-order valence-electron chi connectivity index (χ3n) is 5.39. The van der Waals surface area contributed by atoms with Gasteiger partial charge in [0, 0.05) is 47.9 Å². The van der Waals surface area contributed by atoms with Crippen molar-refractivity contribution >= 4 is 51.6 Å².